The number of benzene rings is 1. The minimum atomic E-state index is -4.05. The summed E-state index contributed by atoms with van der Waals surface area (Å²) < 4.78 is 59.0. The van der Waals surface area contributed by atoms with Crippen LogP contribution < -0.4 is 14.9 Å². The molecule has 0 atom stereocenters. The van der Waals surface area contributed by atoms with Crippen LogP contribution in [0.3, 0.4) is 0 Å². The SMILES string of the molecule is O=C(c1c(F)ccc(NS(=O)(=O)N2CCCC2)c1F)c1c[nH]c2ncc(-c3cnc(N4CCNCC4)nc3)cc12. The summed E-state index contributed by atoms with van der Waals surface area (Å²) in [5.41, 5.74) is 0.232. The van der Waals surface area contributed by atoms with Crippen molar-refractivity contribution in [3.63, 3.8) is 0 Å². The van der Waals surface area contributed by atoms with E-state index < -0.39 is 38.9 Å². The van der Waals surface area contributed by atoms with Gasteiger partial charge < -0.3 is 15.2 Å². The maximum Gasteiger partial charge on any atom is 0.301 e. The molecule has 2 fully saturated rings. The molecule has 0 bridgehead atoms. The van der Waals surface area contributed by atoms with Crippen LogP contribution in [-0.4, -0.2) is 77.7 Å². The first-order valence-corrected chi connectivity index (χ1v) is 14.3. The van der Waals surface area contributed by atoms with E-state index in [1.54, 1.807) is 24.7 Å². The number of carbonyl (C=O) groups is 1. The summed E-state index contributed by atoms with van der Waals surface area (Å²) in [7, 11) is -4.05. The van der Waals surface area contributed by atoms with Gasteiger partial charge in [0.25, 0.3) is 0 Å². The fourth-order valence-corrected chi connectivity index (χ4v) is 6.26. The van der Waals surface area contributed by atoms with E-state index in [1.807, 2.05) is 0 Å². The number of hydrogen-bond donors (Lipinski definition) is 3. The largest absolute Gasteiger partial charge is 0.345 e. The van der Waals surface area contributed by atoms with Gasteiger partial charge in [0, 0.05) is 86.1 Å². The highest BCUT2D eigenvalue weighted by molar-refractivity contribution is 7.90. The van der Waals surface area contributed by atoms with Gasteiger partial charge in [-0.25, -0.2) is 23.7 Å². The zero-order chi connectivity index (χ0) is 27.9. The van der Waals surface area contributed by atoms with Gasteiger partial charge >= 0.3 is 10.2 Å². The van der Waals surface area contributed by atoms with Crippen molar-refractivity contribution >= 4 is 38.7 Å². The van der Waals surface area contributed by atoms with E-state index in [4.69, 9.17) is 0 Å². The van der Waals surface area contributed by atoms with Crippen molar-refractivity contribution in [2.75, 3.05) is 48.9 Å². The van der Waals surface area contributed by atoms with Crippen LogP contribution in [0.5, 0.6) is 0 Å². The lowest BCUT2D eigenvalue weighted by molar-refractivity contribution is 0.103. The molecule has 11 nitrogen and oxygen atoms in total. The number of piperazine rings is 1. The van der Waals surface area contributed by atoms with Crippen molar-refractivity contribution in [1.82, 2.24) is 29.6 Å². The summed E-state index contributed by atoms with van der Waals surface area (Å²) in [6.45, 7) is 3.91. The number of aromatic amines is 1. The van der Waals surface area contributed by atoms with E-state index in [-0.39, 0.29) is 5.56 Å². The Balaban J connectivity index is 1.31. The van der Waals surface area contributed by atoms with Crippen molar-refractivity contribution < 1.29 is 22.0 Å². The Hall–Kier alpha value is -4.01. The van der Waals surface area contributed by atoms with Crippen molar-refractivity contribution in [3.05, 3.63) is 65.7 Å². The van der Waals surface area contributed by atoms with Crippen LogP contribution in [0.15, 0.2) is 43.0 Å². The number of anilines is 2. The van der Waals surface area contributed by atoms with Crippen molar-refractivity contribution in [3.8, 4) is 11.1 Å². The van der Waals surface area contributed by atoms with Crippen molar-refractivity contribution in [2.24, 2.45) is 0 Å². The first-order chi connectivity index (χ1) is 19.3. The Morgan fingerprint density at radius 2 is 1.65 bits per heavy atom. The van der Waals surface area contributed by atoms with Crippen LogP contribution in [0.1, 0.15) is 28.8 Å². The number of fused-ring (bicyclic) bond motifs is 1. The zero-order valence-corrected chi connectivity index (χ0v) is 22.1. The second-order valence-electron chi connectivity index (χ2n) is 9.66. The average molecular weight is 569 g/mol. The van der Waals surface area contributed by atoms with Crippen LogP contribution in [-0.2, 0) is 10.2 Å². The molecule has 1 aromatic carbocycles. The van der Waals surface area contributed by atoms with Crippen molar-refractivity contribution in [1.29, 1.82) is 0 Å². The maximum absolute atomic E-state index is 15.5. The summed E-state index contributed by atoms with van der Waals surface area (Å²) in [6.07, 6.45) is 7.63. The molecule has 3 aromatic heterocycles. The Morgan fingerprint density at radius 1 is 0.950 bits per heavy atom. The number of ketones is 1. The summed E-state index contributed by atoms with van der Waals surface area (Å²) >= 11 is 0. The van der Waals surface area contributed by atoms with Gasteiger partial charge in [-0.05, 0) is 31.0 Å². The first kappa shape index (κ1) is 26.2. The van der Waals surface area contributed by atoms with Gasteiger partial charge in [0.1, 0.15) is 11.5 Å². The molecular weight excluding hydrogens is 542 g/mol. The smallest absolute Gasteiger partial charge is 0.301 e. The second kappa shape index (κ2) is 10.5. The number of nitrogens with zero attached hydrogens (tertiary/aromatic N) is 5. The van der Waals surface area contributed by atoms with Crippen LogP contribution in [0.4, 0.5) is 20.4 Å². The molecule has 2 saturated heterocycles. The molecule has 40 heavy (non-hydrogen) atoms. The fourth-order valence-electron chi connectivity index (χ4n) is 4.95. The molecule has 0 aliphatic carbocycles. The second-order valence-corrected chi connectivity index (χ2v) is 11.3. The number of rotatable bonds is 7. The number of carbonyl (C=O) groups excluding carboxylic acids is 1. The van der Waals surface area contributed by atoms with E-state index in [1.165, 1.54) is 10.5 Å². The molecular formula is C26H26F2N8O3S. The lowest BCUT2D eigenvalue weighted by Crippen LogP contribution is -2.44. The topological polar surface area (TPSA) is 136 Å². The van der Waals surface area contributed by atoms with Gasteiger partial charge in [0.05, 0.1) is 11.3 Å². The predicted octanol–water partition coefficient (Wildman–Crippen LogP) is 2.69. The predicted molar refractivity (Wildman–Crippen MR) is 145 cm³/mol. The average Bonchev–Trinajstić information content (AvgIpc) is 3.66. The third-order valence-electron chi connectivity index (χ3n) is 7.11. The van der Waals surface area contributed by atoms with Crippen molar-refractivity contribution in [2.45, 2.75) is 12.8 Å². The highest BCUT2D eigenvalue weighted by Gasteiger charge is 2.29. The van der Waals surface area contributed by atoms with E-state index in [0.29, 0.717) is 54.0 Å². The van der Waals surface area contributed by atoms with Crippen LogP contribution >= 0.6 is 0 Å². The van der Waals surface area contributed by atoms with Gasteiger partial charge in [0.15, 0.2) is 5.82 Å². The highest BCUT2D eigenvalue weighted by atomic mass is 32.2. The Bertz CT molecular complexity index is 1680. The molecule has 0 spiro atoms. The number of hydrogen-bond acceptors (Lipinski definition) is 8. The molecule has 0 saturated carbocycles. The molecule has 3 N–H and O–H groups in total. The minimum Gasteiger partial charge on any atom is -0.345 e. The highest BCUT2D eigenvalue weighted by Crippen LogP contribution is 2.30. The Labute approximate surface area is 228 Å². The molecule has 6 rings (SSSR count). The number of halogens is 2. The van der Waals surface area contributed by atoms with E-state index in [2.05, 4.69) is 34.9 Å². The molecule has 0 radical (unpaired) electrons. The van der Waals surface area contributed by atoms with Gasteiger partial charge in [-0.2, -0.15) is 12.7 Å². The molecule has 0 amide bonds. The number of H-pyrrole nitrogens is 1. The molecule has 4 aromatic rings. The summed E-state index contributed by atoms with van der Waals surface area (Å²) in [5, 5.41) is 3.62. The third kappa shape index (κ3) is 4.89. The fraction of sp³-hybridized carbons (Fsp3) is 0.308. The lowest BCUT2D eigenvalue weighted by atomic mass is 10.0. The van der Waals surface area contributed by atoms with Gasteiger partial charge in [-0.1, -0.05) is 0 Å². The van der Waals surface area contributed by atoms with Crippen LogP contribution in [0, 0.1) is 11.6 Å². The minimum absolute atomic E-state index is 0.0138. The zero-order valence-electron chi connectivity index (χ0n) is 21.3. The Kier molecular flexibility index (Phi) is 6.90. The quantitative estimate of drug-likeness (QED) is 0.290. The monoisotopic (exact) mass is 568 g/mol. The lowest BCUT2D eigenvalue weighted by Gasteiger charge is -2.27. The molecule has 2 aliphatic rings. The maximum atomic E-state index is 15.5. The molecule has 0 unspecified atom stereocenters. The summed E-state index contributed by atoms with van der Waals surface area (Å²) in [5.74, 6) is -2.74. The Morgan fingerprint density at radius 3 is 2.38 bits per heavy atom. The van der Waals surface area contributed by atoms with Gasteiger partial charge in [-0.3, -0.25) is 9.52 Å². The number of pyridine rings is 1. The molecule has 208 valence electrons. The summed E-state index contributed by atoms with van der Waals surface area (Å²) in [4.78, 5) is 31.7. The van der Waals surface area contributed by atoms with E-state index >= 15 is 4.39 Å². The normalized spacial score (nSPS) is 16.5. The molecule has 2 aliphatic heterocycles. The summed E-state index contributed by atoms with van der Waals surface area (Å²) in [6, 6.07) is 3.51. The molecule has 5 heterocycles. The molecule has 14 heteroatoms. The first-order valence-electron chi connectivity index (χ1n) is 12.9. The van der Waals surface area contributed by atoms with Gasteiger partial charge in [-0.15, -0.1) is 0 Å². The number of aromatic nitrogens is 4. The standard InChI is InChI=1S/C26H26F2N8O3S/c27-20-3-4-21(34-40(38,39)36-7-1-2-8-36)23(28)22(20)24(37)19-15-31-25-18(19)11-16(12-30-25)17-13-32-26(33-14-17)35-9-5-29-6-10-35/h3-4,11-15,29,34H,1-2,5-10H2,(H,30,31). The van der Waals surface area contributed by atoms with Crippen LogP contribution in [0.25, 0.3) is 22.2 Å². The van der Waals surface area contributed by atoms with E-state index in [0.717, 1.165) is 38.3 Å². The van der Waals surface area contributed by atoms with Gasteiger partial charge in [0.2, 0.25) is 11.7 Å². The third-order valence-corrected chi connectivity index (χ3v) is 8.63. The van der Waals surface area contributed by atoms with Crippen LogP contribution in [0.2, 0.25) is 0 Å². The number of nitrogens with one attached hydrogen (secondary N) is 3. The van der Waals surface area contributed by atoms with E-state index in [9.17, 15) is 17.6 Å².